The molecule has 0 saturated carbocycles. The molecule has 3 heteroatoms. The fourth-order valence-corrected chi connectivity index (χ4v) is 0.613. The summed E-state index contributed by atoms with van der Waals surface area (Å²) in [5.41, 5.74) is 0. The zero-order valence-electron chi connectivity index (χ0n) is 6.42. The molecular formula is C7H13O3. The summed E-state index contributed by atoms with van der Waals surface area (Å²) in [4.78, 5) is 10.8. The van der Waals surface area contributed by atoms with Crippen LogP contribution in [0.25, 0.3) is 0 Å². The Morgan fingerprint density at radius 2 is 2.10 bits per heavy atom. The van der Waals surface area contributed by atoms with Crippen LogP contribution in [0.15, 0.2) is 0 Å². The standard InChI is InChI=1S/C7H13O3/c1-3-6(5-8)7(9)10-4-2/h6H,3-5H2,1-2H3. The maximum Gasteiger partial charge on any atom is 0.311 e. The van der Waals surface area contributed by atoms with Crippen molar-refractivity contribution < 1.29 is 14.6 Å². The molecule has 0 aromatic carbocycles. The van der Waals surface area contributed by atoms with Gasteiger partial charge in [0.1, 0.15) is 0 Å². The van der Waals surface area contributed by atoms with Gasteiger partial charge in [-0.05, 0) is 13.3 Å². The van der Waals surface area contributed by atoms with Gasteiger partial charge in [0, 0.05) is 0 Å². The van der Waals surface area contributed by atoms with Gasteiger partial charge < -0.3 is 4.74 Å². The van der Waals surface area contributed by atoms with Crippen LogP contribution in [0.4, 0.5) is 0 Å². The second-order valence-corrected chi connectivity index (χ2v) is 2.02. The molecular weight excluding hydrogens is 132 g/mol. The van der Waals surface area contributed by atoms with E-state index in [0.717, 1.165) is 0 Å². The van der Waals surface area contributed by atoms with Crippen LogP contribution in [0.5, 0.6) is 0 Å². The van der Waals surface area contributed by atoms with Crippen molar-refractivity contribution in [1.82, 2.24) is 0 Å². The normalized spacial score (nSPS) is 12.7. The molecule has 1 atom stereocenters. The quantitative estimate of drug-likeness (QED) is 0.554. The van der Waals surface area contributed by atoms with Gasteiger partial charge in [-0.3, -0.25) is 4.79 Å². The molecule has 0 rings (SSSR count). The molecule has 0 spiro atoms. The Bertz CT molecular complexity index is 97.0. The first-order chi connectivity index (χ1) is 4.76. The summed E-state index contributed by atoms with van der Waals surface area (Å²) in [6, 6.07) is 0. The third kappa shape index (κ3) is 2.82. The summed E-state index contributed by atoms with van der Waals surface area (Å²) in [7, 11) is 0. The minimum Gasteiger partial charge on any atom is -0.466 e. The van der Waals surface area contributed by atoms with Crippen molar-refractivity contribution >= 4 is 5.97 Å². The highest BCUT2D eigenvalue weighted by molar-refractivity contribution is 5.72. The Labute approximate surface area is 61.0 Å². The third-order valence-electron chi connectivity index (χ3n) is 1.31. The number of esters is 1. The number of rotatable bonds is 4. The van der Waals surface area contributed by atoms with E-state index in [4.69, 9.17) is 0 Å². The van der Waals surface area contributed by atoms with Gasteiger partial charge in [-0.15, -0.1) is 0 Å². The molecule has 0 fully saturated rings. The smallest absolute Gasteiger partial charge is 0.311 e. The lowest BCUT2D eigenvalue weighted by Gasteiger charge is -2.07. The van der Waals surface area contributed by atoms with Crippen molar-refractivity contribution in [2.24, 2.45) is 5.92 Å². The highest BCUT2D eigenvalue weighted by Crippen LogP contribution is 2.03. The van der Waals surface area contributed by atoms with Gasteiger partial charge in [0.2, 0.25) is 0 Å². The molecule has 0 aromatic heterocycles. The monoisotopic (exact) mass is 145 g/mol. The number of carbonyl (C=O) groups is 1. The van der Waals surface area contributed by atoms with Crippen molar-refractivity contribution in [3.8, 4) is 0 Å². The van der Waals surface area contributed by atoms with Gasteiger partial charge in [0.15, 0.2) is 0 Å². The van der Waals surface area contributed by atoms with E-state index >= 15 is 0 Å². The van der Waals surface area contributed by atoms with E-state index < -0.39 is 5.92 Å². The second-order valence-electron chi connectivity index (χ2n) is 2.02. The zero-order valence-corrected chi connectivity index (χ0v) is 6.42. The van der Waals surface area contributed by atoms with Crippen LogP contribution < -0.4 is 0 Å². The molecule has 0 N–H and O–H groups in total. The van der Waals surface area contributed by atoms with Gasteiger partial charge in [0.25, 0.3) is 0 Å². The van der Waals surface area contributed by atoms with E-state index in [-0.39, 0.29) is 12.6 Å². The van der Waals surface area contributed by atoms with E-state index in [1.165, 1.54) is 0 Å². The van der Waals surface area contributed by atoms with E-state index in [0.29, 0.717) is 13.0 Å². The molecule has 59 valence electrons. The maximum atomic E-state index is 10.8. The number of hydrogen-bond acceptors (Lipinski definition) is 2. The number of ether oxygens (including phenoxy) is 1. The van der Waals surface area contributed by atoms with Crippen molar-refractivity contribution in [3.05, 3.63) is 0 Å². The van der Waals surface area contributed by atoms with Crippen molar-refractivity contribution in [3.63, 3.8) is 0 Å². The fraction of sp³-hybridized carbons (Fsp3) is 0.857. The average molecular weight is 145 g/mol. The predicted molar refractivity (Wildman–Crippen MR) is 36.0 cm³/mol. The topological polar surface area (TPSA) is 46.2 Å². The van der Waals surface area contributed by atoms with Gasteiger partial charge in [-0.2, -0.15) is 0 Å². The Morgan fingerprint density at radius 1 is 1.50 bits per heavy atom. The average Bonchev–Trinajstić information content (AvgIpc) is 1.91. The van der Waals surface area contributed by atoms with Crippen molar-refractivity contribution in [1.29, 1.82) is 0 Å². The van der Waals surface area contributed by atoms with Crippen LogP contribution in [0.1, 0.15) is 20.3 Å². The first-order valence-electron chi connectivity index (χ1n) is 3.50. The Balaban J connectivity index is 3.65. The molecule has 0 amide bonds. The lowest BCUT2D eigenvalue weighted by molar-refractivity contribution is -0.150. The SMILES string of the molecule is CCOC(=O)C(CC)C[O]. The van der Waals surface area contributed by atoms with Crippen LogP contribution in [0.3, 0.4) is 0 Å². The molecule has 1 radical (unpaired) electrons. The van der Waals surface area contributed by atoms with Crippen LogP contribution in [0, 0.1) is 5.92 Å². The van der Waals surface area contributed by atoms with Gasteiger partial charge >= 0.3 is 5.97 Å². The minimum atomic E-state index is -0.444. The summed E-state index contributed by atoms with van der Waals surface area (Å²) < 4.78 is 4.65. The zero-order chi connectivity index (χ0) is 7.98. The van der Waals surface area contributed by atoms with Crippen LogP contribution in [-0.2, 0) is 14.6 Å². The Kier molecular flexibility index (Phi) is 4.94. The Hall–Kier alpha value is -0.570. The van der Waals surface area contributed by atoms with Gasteiger partial charge in [0.05, 0.1) is 19.1 Å². The summed E-state index contributed by atoms with van der Waals surface area (Å²) in [6.45, 7) is 3.53. The maximum absolute atomic E-state index is 10.8. The molecule has 0 bridgehead atoms. The Morgan fingerprint density at radius 3 is 2.40 bits per heavy atom. The summed E-state index contributed by atoms with van der Waals surface area (Å²) >= 11 is 0. The number of carbonyl (C=O) groups excluding carboxylic acids is 1. The fourth-order valence-electron chi connectivity index (χ4n) is 0.613. The molecule has 0 saturated heterocycles. The van der Waals surface area contributed by atoms with E-state index in [1.54, 1.807) is 13.8 Å². The molecule has 1 unspecified atom stereocenters. The lowest BCUT2D eigenvalue weighted by atomic mass is 10.1. The van der Waals surface area contributed by atoms with Crippen LogP contribution in [0.2, 0.25) is 0 Å². The third-order valence-corrected chi connectivity index (χ3v) is 1.31. The lowest BCUT2D eigenvalue weighted by Crippen LogP contribution is -2.19. The highest BCUT2D eigenvalue weighted by Gasteiger charge is 2.16. The van der Waals surface area contributed by atoms with Crippen molar-refractivity contribution in [2.75, 3.05) is 13.2 Å². The van der Waals surface area contributed by atoms with Crippen molar-refractivity contribution in [2.45, 2.75) is 20.3 Å². The molecule has 0 heterocycles. The molecule has 0 aliphatic carbocycles. The summed E-state index contributed by atoms with van der Waals surface area (Å²) in [5, 5.41) is 10.3. The van der Waals surface area contributed by atoms with Gasteiger partial charge in [-0.25, -0.2) is 5.11 Å². The second kappa shape index (κ2) is 5.23. The number of hydrogen-bond donors (Lipinski definition) is 0. The predicted octanol–water partition coefficient (Wildman–Crippen LogP) is 1.01. The van der Waals surface area contributed by atoms with Crippen LogP contribution in [-0.4, -0.2) is 19.2 Å². The first kappa shape index (κ1) is 9.43. The largest absolute Gasteiger partial charge is 0.466 e. The molecule has 10 heavy (non-hydrogen) atoms. The van der Waals surface area contributed by atoms with E-state index in [1.807, 2.05) is 0 Å². The highest BCUT2D eigenvalue weighted by atomic mass is 16.5. The minimum absolute atomic E-state index is 0.356. The molecule has 0 aromatic rings. The molecule has 3 nitrogen and oxygen atoms in total. The van der Waals surface area contributed by atoms with E-state index in [2.05, 4.69) is 4.74 Å². The first-order valence-corrected chi connectivity index (χ1v) is 3.50. The van der Waals surface area contributed by atoms with E-state index in [9.17, 15) is 9.90 Å². The molecule has 0 aliphatic heterocycles. The summed E-state index contributed by atoms with van der Waals surface area (Å²) in [6.07, 6.45) is 0.572. The summed E-state index contributed by atoms with van der Waals surface area (Å²) in [5.74, 6) is -0.806. The van der Waals surface area contributed by atoms with Crippen LogP contribution >= 0.6 is 0 Å². The van der Waals surface area contributed by atoms with Gasteiger partial charge in [-0.1, -0.05) is 6.92 Å². The molecule has 0 aliphatic rings.